The van der Waals surface area contributed by atoms with Crippen LogP contribution in [0.4, 0.5) is 0 Å². The van der Waals surface area contributed by atoms with Crippen LogP contribution >= 0.6 is 11.8 Å². The van der Waals surface area contributed by atoms with Crippen molar-refractivity contribution >= 4 is 22.7 Å². The number of benzene rings is 1. The maximum Gasteiger partial charge on any atom is 0.202 e. The van der Waals surface area contributed by atoms with Crippen molar-refractivity contribution in [1.29, 1.82) is 0 Å². The van der Waals surface area contributed by atoms with Crippen molar-refractivity contribution in [3.05, 3.63) is 40.2 Å². The Morgan fingerprint density at radius 2 is 1.89 bits per heavy atom. The lowest BCUT2D eigenvalue weighted by molar-refractivity contribution is 0.590. The molecule has 0 N–H and O–H groups in total. The van der Waals surface area contributed by atoms with Crippen LogP contribution in [0.5, 0.6) is 0 Å². The van der Waals surface area contributed by atoms with E-state index in [-0.39, 0.29) is 10.8 Å². The average molecular weight is 261 g/mol. The summed E-state index contributed by atoms with van der Waals surface area (Å²) >= 11 is 1.50. The predicted octanol–water partition coefficient (Wildman–Crippen LogP) is 3.56. The van der Waals surface area contributed by atoms with Crippen molar-refractivity contribution in [3.63, 3.8) is 0 Å². The van der Waals surface area contributed by atoms with Gasteiger partial charge in [0.05, 0.1) is 10.4 Å². The summed E-state index contributed by atoms with van der Waals surface area (Å²) in [6, 6.07) is 6.15. The Labute approximate surface area is 112 Å². The van der Waals surface area contributed by atoms with Crippen molar-refractivity contribution in [3.8, 4) is 0 Å². The highest BCUT2D eigenvalue weighted by Crippen LogP contribution is 2.25. The minimum atomic E-state index is 0.0996. The molecule has 0 saturated carbocycles. The highest BCUT2D eigenvalue weighted by atomic mass is 32.2. The third kappa shape index (κ3) is 2.19. The summed E-state index contributed by atoms with van der Waals surface area (Å²) in [5.41, 5.74) is 2.49. The van der Waals surface area contributed by atoms with Crippen molar-refractivity contribution in [1.82, 2.24) is 4.57 Å². The van der Waals surface area contributed by atoms with Gasteiger partial charge in [-0.3, -0.25) is 4.79 Å². The van der Waals surface area contributed by atoms with Gasteiger partial charge in [0, 0.05) is 18.6 Å². The fourth-order valence-electron chi connectivity index (χ4n) is 2.06. The fraction of sp³-hybridized carbons (Fsp3) is 0.400. The van der Waals surface area contributed by atoms with Gasteiger partial charge in [-0.1, -0.05) is 26.8 Å². The number of hydrogen-bond donors (Lipinski definition) is 0. The highest BCUT2D eigenvalue weighted by molar-refractivity contribution is 7.98. The van der Waals surface area contributed by atoms with E-state index in [9.17, 15) is 4.79 Å². The zero-order valence-electron chi connectivity index (χ0n) is 11.6. The van der Waals surface area contributed by atoms with E-state index in [4.69, 9.17) is 0 Å². The van der Waals surface area contributed by atoms with Crippen LogP contribution in [0.15, 0.2) is 34.1 Å². The third-order valence-electron chi connectivity index (χ3n) is 3.24. The molecule has 1 aromatic carbocycles. The lowest BCUT2D eigenvalue weighted by Crippen LogP contribution is -2.14. The number of aromatic nitrogens is 1. The largest absolute Gasteiger partial charge is 0.349 e. The lowest BCUT2D eigenvalue weighted by atomic mass is 9.86. The van der Waals surface area contributed by atoms with Crippen LogP contribution in [0.1, 0.15) is 26.3 Å². The van der Waals surface area contributed by atoms with Gasteiger partial charge in [0.25, 0.3) is 0 Å². The van der Waals surface area contributed by atoms with Crippen molar-refractivity contribution in [2.75, 3.05) is 6.26 Å². The molecule has 0 radical (unpaired) electrons. The minimum Gasteiger partial charge on any atom is -0.349 e. The second kappa shape index (κ2) is 4.47. The summed E-state index contributed by atoms with van der Waals surface area (Å²) in [4.78, 5) is 13.0. The molecule has 0 saturated heterocycles. The maximum absolute atomic E-state index is 12.2. The number of fused-ring (bicyclic) bond motifs is 1. The number of pyridine rings is 1. The molecule has 0 bridgehead atoms. The van der Waals surface area contributed by atoms with Gasteiger partial charge in [-0.2, -0.15) is 0 Å². The summed E-state index contributed by atoms with van der Waals surface area (Å²) in [5, 5.41) is 0.803. The Morgan fingerprint density at radius 3 is 2.44 bits per heavy atom. The first kappa shape index (κ1) is 13.2. The molecule has 0 aliphatic carbocycles. The zero-order valence-corrected chi connectivity index (χ0v) is 12.4. The van der Waals surface area contributed by atoms with Crippen LogP contribution < -0.4 is 5.43 Å². The third-order valence-corrected chi connectivity index (χ3v) is 3.97. The molecule has 1 heterocycles. The molecule has 2 aromatic rings. The van der Waals surface area contributed by atoms with E-state index in [0.29, 0.717) is 0 Å². The summed E-state index contributed by atoms with van der Waals surface area (Å²) < 4.78 is 2.04. The second-order valence-electron chi connectivity index (χ2n) is 5.62. The molecule has 0 unspecified atom stereocenters. The number of rotatable bonds is 1. The van der Waals surface area contributed by atoms with E-state index in [1.54, 1.807) is 0 Å². The molecule has 2 rings (SSSR count). The molecule has 0 spiro atoms. The lowest BCUT2D eigenvalue weighted by Gasteiger charge is -2.20. The molecular formula is C15H19NOS. The first-order valence-corrected chi connectivity index (χ1v) is 7.25. The van der Waals surface area contributed by atoms with E-state index in [2.05, 4.69) is 32.9 Å². The van der Waals surface area contributed by atoms with Crippen LogP contribution in [-0.2, 0) is 12.5 Å². The van der Waals surface area contributed by atoms with E-state index in [0.717, 1.165) is 15.8 Å². The van der Waals surface area contributed by atoms with Gasteiger partial charge in [-0.15, -0.1) is 11.8 Å². The zero-order chi connectivity index (χ0) is 13.5. The standard InChI is InChI=1S/C15H19NOS/c1-15(2,3)10-6-7-11-12(8-10)16(4)9-13(18-5)14(11)17/h6-9H,1-5H3. The van der Waals surface area contributed by atoms with Gasteiger partial charge >= 0.3 is 0 Å². The maximum atomic E-state index is 12.2. The van der Waals surface area contributed by atoms with Gasteiger partial charge < -0.3 is 4.57 Å². The highest BCUT2D eigenvalue weighted by Gasteiger charge is 2.15. The summed E-state index contributed by atoms with van der Waals surface area (Å²) in [5.74, 6) is 0. The second-order valence-corrected chi connectivity index (χ2v) is 6.47. The summed E-state index contributed by atoms with van der Waals surface area (Å²) in [7, 11) is 1.99. The first-order valence-electron chi connectivity index (χ1n) is 6.02. The topological polar surface area (TPSA) is 22.0 Å². The molecule has 0 amide bonds. The molecule has 18 heavy (non-hydrogen) atoms. The predicted molar refractivity (Wildman–Crippen MR) is 79.7 cm³/mol. The quantitative estimate of drug-likeness (QED) is 0.732. The van der Waals surface area contributed by atoms with Crippen molar-refractivity contribution < 1.29 is 0 Å². The van der Waals surface area contributed by atoms with E-state index in [1.807, 2.05) is 30.1 Å². The van der Waals surface area contributed by atoms with Gasteiger partial charge in [0.1, 0.15) is 0 Å². The van der Waals surface area contributed by atoms with Crippen molar-refractivity contribution in [2.45, 2.75) is 31.1 Å². The Balaban J connectivity index is 2.81. The molecule has 0 atom stereocenters. The molecule has 0 fully saturated rings. The number of thioether (sulfide) groups is 1. The minimum absolute atomic E-state index is 0.0996. The van der Waals surface area contributed by atoms with Gasteiger partial charge in [0.15, 0.2) is 0 Å². The molecule has 0 aliphatic heterocycles. The monoisotopic (exact) mass is 261 g/mol. The molecule has 3 heteroatoms. The Bertz CT molecular complexity index is 650. The smallest absolute Gasteiger partial charge is 0.202 e. The van der Waals surface area contributed by atoms with Crippen LogP contribution in [0.2, 0.25) is 0 Å². The van der Waals surface area contributed by atoms with Gasteiger partial charge in [0.2, 0.25) is 5.43 Å². The van der Waals surface area contributed by atoms with E-state index < -0.39 is 0 Å². The SMILES string of the molecule is CSc1cn(C)c2cc(C(C)(C)C)ccc2c1=O. The molecule has 0 aliphatic rings. The Kier molecular flexibility index (Phi) is 3.28. The normalized spacial score (nSPS) is 12.1. The Hall–Kier alpha value is -1.22. The number of aryl methyl sites for hydroxylation is 1. The average Bonchev–Trinajstić information content (AvgIpc) is 2.32. The van der Waals surface area contributed by atoms with Gasteiger partial charge in [-0.25, -0.2) is 0 Å². The number of hydrogen-bond acceptors (Lipinski definition) is 2. The first-order chi connectivity index (χ1) is 8.34. The summed E-state index contributed by atoms with van der Waals surface area (Å²) in [6.07, 6.45) is 3.86. The van der Waals surface area contributed by atoms with E-state index >= 15 is 0 Å². The Morgan fingerprint density at radius 1 is 1.22 bits per heavy atom. The van der Waals surface area contributed by atoms with Crippen LogP contribution in [0, 0.1) is 0 Å². The van der Waals surface area contributed by atoms with E-state index in [1.165, 1.54) is 17.3 Å². The summed E-state index contributed by atoms with van der Waals surface area (Å²) in [6.45, 7) is 6.55. The van der Waals surface area contributed by atoms with Crippen molar-refractivity contribution in [2.24, 2.45) is 7.05 Å². The van der Waals surface area contributed by atoms with Crippen LogP contribution in [-0.4, -0.2) is 10.8 Å². The fourth-order valence-corrected chi connectivity index (χ4v) is 2.62. The molecule has 96 valence electrons. The van der Waals surface area contributed by atoms with Gasteiger partial charge in [-0.05, 0) is 29.4 Å². The van der Waals surface area contributed by atoms with Crippen LogP contribution in [0.3, 0.4) is 0 Å². The number of nitrogens with zero attached hydrogens (tertiary/aromatic N) is 1. The van der Waals surface area contributed by atoms with Crippen LogP contribution in [0.25, 0.3) is 10.9 Å². The molecule has 2 nitrogen and oxygen atoms in total. The molecule has 1 aromatic heterocycles. The molecular weight excluding hydrogens is 242 g/mol.